The first-order valence-corrected chi connectivity index (χ1v) is 11.0. The van der Waals surface area contributed by atoms with Crippen LogP contribution in [-0.2, 0) is 17.8 Å². The average molecular weight is 416 g/mol. The van der Waals surface area contributed by atoms with Crippen molar-refractivity contribution in [3.63, 3.8) is 0 Å². The van der Waals surface area contributed by atoms with Crippen LogP contribution in [0, 0.1) is 0 Å². The zero-order valence-electron chi connectivity index (χ0n) is 17.9. The summed E-state index contributed by atoms with van der Waals surface area (Å²) in [7, 11) is 1.85. The number of hydrogen-bond donors (Lipinski definition) is 1. The molecule has 160 valence electrons. The molecule has 6 nitrogen and oxygen atoms in total. The normalized spacial score (nSPS) is 22.0. The lowest BCUT2D eigenvalue weighted by atomic mass is 10.1. The second-order valence-corrected chi connectivity index (χ2v) is 8.22. The average Bonchev–Trinajstić information content (AvgIpc) is 3.25. The number of aliphatic imine (C=N–C) groups is 1. The molecule has 0 spiro atoms. The Morgan fingerprint density at radius 3 is 2.81 bits per heavy atom. The molecule has 3 heterocycles. The topological polar surface area (TPSA) is 53.0 Å². The second kappa shape index (κ2) is 9.04. The van der Waals surface area contributed by atoms with Crippen LogP contribution in [0.1, 0.15) is 11.3 Å². The third-order valence-electron chi connectivity index (χ3n) is 6.33. The van der Waals surface area contributed by atoms with E-state index in [1.165, 1.54) is 16.3 Å². The molecule has 0 aliphatic carbocycles. The van der Waals surface area contributed by atoms with E-state index in [4.69, 9.17) is 4.74 Å². The monoisotopic (exact) mass is 415 g/mol. The number of rotatable bonds is 4. The molecule has 0 radical (unpaired) electrons. The van der Waals surface area contributed by atoms with Crippen LogP contribution >= 0.6 is 0 Å². The Bertz CT molecular complexity index is 1050. The zero-order chi connectivity index (χ0) is 21.0. The number of nitrogens with one attached hydrogen (secondary N) is 1. The highest BCUT2D eigenvalue weighted by atomic mass is 16.5. The van der Waals surface area contributed by atoms with Crippen LogP contribution in [-0.4, -0.2) is 66.2 Å². The van der Waals surface area contributed by atoms with Crippen molar-refractivity contribution in [2.24, 2.45) is 4.99 Å². The number of ether oxygens (including phenoxy) is 1. The molecule has 2 aliphatic rings. The maximum Gasteiger partial charge on any atom is 0.194 e. The summed E-state index contributed by atoms with van der Waals surface area (Å²) < 4.78 is 6.14. The van der Waals surface area contributed by atoms with Crippen LogP contribution in [0.2, 0.25) is 0 Å². The van der Waals surface area contributed by atoms with E-state index in [0.29, 0.717) is 12.6 Å². The zero-order valence-corrected chi connectivity index (χ0v) is 17.9. The predicted molar refractivity (Wildman–Crippen MR) is 124 cm³/mol. The van der Waals surface area contributed by atoms with Gasteiger partial charge in [0.15, 0.2) is 5.96 Å². The van der Waals surface area contributed by atoms with Crippen LogP contribution < -0.4 is 5.32 Å². The number of nitrogens with zero attached hydrogens (tertiary/aromatic N) is 4. The van der Waals surface area contributed by atoms with Crippen molar-refractivity contribution in [1.29, 1.82) is 0 Å². The van der Waals surface area contributed by atoms with Gasteiger partial charge in [0, 0.05) is 44.8 Å². The van der Waals surface area contributed by atoms with E-state index in [-0.39, 0.29) is 6.10 Å². The Balaban J connectivity index is 1.26. The Hall–Kier alpha value is -2.96. The van der Waals surface area contributed by atoms with Crippen LogP contribution in [0.15, 0.2) is 71.9 Å². The SMILES string of the molecule is CN=C(NCc1nccc2ccccc12)N1CC2OCCN(Cc3ccccc3)C2C1. The van der Waals surface area contributed by atoms with E-state index in [9.17, 15) is 0 Å². The van der Waals surface area contributed by atoms with Crippen molar-refractivity contribution in [2.75, 3.05) is 33.3 Å². The molecule has 5 rings (SSSR count). The number of likely N-dealkylation sites (tertiary alicyclic amines) is 1. The predicted octanol–water partition coefficient (Wildman–Crippen LogP) is 2.90. The summed E-state index contributed by atoms with van der Waals surface area (Å²) in [6, 6.07) is 21.5. The lowest BCUT2D eigenvalue weighted by molar-refractivity contribution is -0.0502. The van der Waals surface area contributed by atoms with Crippen molar-refractivity contribution in [2.45, 2.75) is 25.2 Å². The van der Waals surface area contributed by atoms with E-state index in [1.54, 1.807) is 0 Å². The van der Waals surface area contributed by atoms with E-state index < -0.39 is 0 Å². The van der Waals surface area contributed by atoms with Gasteiger partial charge in [0.1, 0.15) is 0 Å². The van der Waals surface area contributed by atoms with E-state index in [2.05, 4.69) is 85.8 Å². The van der Waals surface area contributed by atoms with Gasteiger partial charge in [0.2, 0.25) is 0 Å². The molecule has 2 unspecified atom stereocenters. The van der Waals surface area contributed by atoms with Gasteiger partial charge in [-0.25, -0.2) is 0 Å². The highest BCUT2D eigenvalue weighted by Crippen LogP contribution is 2.25. The summed E-state index contributed by atoms with van der Waals surface area (Å²) in [6.45, 7) is 5.14. The van der Waals surface area contributed by atoms with Crippen molar-refractivity contribution in [3.05, 3.63) is 78.1 Å². The number of morpholine rings is 1. The highest BCUT2D eigenvalue weighted by Gasteiger charge is 2.41. The van der Waals surface area contributed by atoms with Gasteiger partial charge in [-0.1, -0.05) is 54.6 Å². The standard InChI is InChI=1S/C25H29N5O/c1-26-25(28-15-22-21-10-6-5-9-20(21)11-12-27-22)30-17-23-24(18-30)31-14-13-29(23)16-19-7-3-2-4-8-19/h2-12,23-24H,13-18H2,1H3,(H,26,28). The third-order valence-corrected chi connectivity index (χ3v) is 6.33. The fraction of sp³-hybridized carbons (Fsp3) is 0.360. The summed E-state index contributed by atoms with van der Waals surface area (Å²) >= 11 is 0. The lowest BCUT2D eigenvalue weighted by Crippen LogP contribution is -2.50. The van der Waals surface area contributed by atoms with Gasteiger partial charge in [0.25, 0.3) is 0 Å². The highest BCUT2D eigenvalue weighted by molar-refractivity contribution is 5.85. The number of guanidine groups is 1. The molecule has 2 aliphatic heterocycles. The number of pyridine rings is 1. The largest absolute Gasteiger partial charge is 0.373 e. The molecule has 0 bridgehead atoms. The van der Waals surface area contributed by atoms with Crippen molar-refractivity contribution in [3.8, 4) is 0 Å². The molecule has 2 atom stereocenters. The number of benzene rings is 2. The maximum absolute atomic E-state index is 6.14. The smallest absolute Gasteiger partial charge is 0.194 e. The van der Waals surface area contributed by atoms with Crippen molar-refractivity contribution < 1.29 is 4.74 Å². The molecule has 0 amide bonds. The van der Waals surface area contributed by atoms with Crippen LogP contribution in [0.5, 0.6) is 0 Å². The van der Waals surface area contributed by atoms with E-state index in [0.717, 1.165) is 44.4 Å². The molecule has 6 heteroatoms. The molecule has 2 fully saturated rings. The minimum Gasteiger partial charge on any atom is -0.373 e. The van der Waals surface area contributed by atoms with Gasteiger partial charge < -0.3 is 15.0 Å². The Morgan fingerprint density at radius 1 is 1.10 bits per heavy atom. The summed E-state index contributed by atoms with van der Waals surface area (Å²) in [5, 5.41) is 5.92. The summed E-state index contributed by atoms with van der Waals surface area (Å²) in [5.74, 6) is 0.910. The van der Waals surface area contributed by atoms with Gasteiger partial charge in [0.05, 0.1) is 31.0 Å². The molecular formula is C25H29N5O. The quantitative estimate of drug-likeness (QED) is 0.525. The maximum atomic E-state index is 6.14. The Labute approximate surface area is 183 Å². The van der Waals surface area contributed by atoms with Crippen LogP contribution in [0.3, 0.4) is 0 Å². The molecule has 0 saturated carbocycles. The molecule has 31 heavy (non-hydrogen) atoms. The van der Waals surface area contributed by atoms with Gasteiger partial charge in [-0.05, 0) is 17.0 Å². The second-order valence-electron chi connectivity index (χ2n) is 8.22. The first kappa shape index (κ1) is 20.0. The van der Waals surface area contributed by atoms with Gasteiger partial charge >= 0.3 is 0 Å². The molecule has 2 saturated heterocycles. The van der Waals surface area contributed by atoms with Crippen molar-refractivity contribution >= 4 is 16.7 Å². The van der Waals surface area contributed by atoms with Crippen LogP contribution in [0.25, 0.3) is 10.8 Å². The fourth-order valence-electron chi connectivity index (χ4n) is 4.76. The molecule has 1 N–H and O–H groups in total. The molecule has 2 aromatic carbocycles. The number of fused-ring (bicyclic) bond motifs is 2. The first-order valence-electron chi connectivity index (χ1n) is 11.0. The Kier molecular flexibility index (Phi) is 5.82. The van der Waals surface area contributed by atoms with Gasteiger partial charge in [-0.3, -0.25) is 14.9 Å². The number of aromatic nitrogens is 1. The van der Waals surface area contributed by atoms with Crippen LogP contribution in [0.4, 0.5) is 0 Å². The number of hydrogen-bond acceptors (Lipinski definition) is 4. The lowest BCUT2D eigenvalue weighted by Gasteiger charge is -2.36. The van der Waals surface area contributed by atoms with E-state index >= 15 is 0 Å². The molecular weight excluding hydrogens is 386 g/mol. The third kappa shape index (κ3) is 4.27. The summed E-state index contributed by atoms with van der Waals surface area (Å²) in [5.41, 5.74) is 2.39. The summed E-state index contributed by atoms with van der Waals surface area (Å²) in [6.07, 6.45) is 2.09. The molecule has 3 aromatic rings. The molecule has 1 aromatic heterocycles. The Morgan fingerprint density at radius 2 is 1.94 bits per heavy atom. The van der Waals surface area contributed by atoms with Crippen molar-refractivity contribution in [1.82, 2.24) is 20.1 Å². The van der Waals surface area contributed by atoms with E-state index in [1.807, 2.05) is 13.2 Å². The van der Waals surface area contributed by atoms with Gasteiger partial charge in [-0.2, -0.15) is 0 Å². The first-order chi connectivity index (χ1) is 15.3. The fourth-order valence-corrected chi connectivity index (χ4v) is 4.76. The summed E-state index contributed by atoms with van der Waals surface area (Å²) in [4.78, 5) is 14.0. The minimum atomic E-state index is 0.215. The van der Waals surface area contributed by atoms with Gasteiger partial charge in [-0.15, -0.1) is 0 Å². The minimum absolute atomic E-state index is 0.215.